The van der Waals surface area contributed by atoms with Crippen LogP contribution >= 0.6 is 0 Å². The van der Waals surface area contributed by atoms with Gasteiger partial charge in [-0.05, 0) is 12.8 Å². The first-order valence-corrected chi connectivity index (χ1v) is 3.69. The van der Waals surface area contributed by atoms with E-state index in [0.29, 0.717) is 12.8 Å². The van der Waals surface area contributed by atoms with E-state index in [1.165, 1.54) is 0 Å². The molecule has 0 heterocycles. The summed E-state index contributed by atoms with van der Waals surface area (Å²) in [7, 11) is 0. The molecule has 3 atom stereocenters. The third-order valence-corrected chi connectivity index (χ3v) is 3.11. The highest BCUT2D eigenvalue weighted by atomic mass is 16.4. The van der Waals surface area contributed by atoms with E-state index in [4.69, 9.17) is 15.9 Å². The predicted molar refractivity (Wildman–Crippen MR) is 37.3 cm³/mol. The molecule has 0 bridgehead atoms. The molecule has 1 spiro atoms. The van der Waals surface area contributed by atoms with Crippen LogP contribution in [0.1, 0.15) is 12.8 Å². The van der Waals surface area contributed by atoms with Crippen molar-refractivity contribution in [2.75, 3.05) is 0 Å². The summed E-state index contributed by atoms with van der Waals surface area (Å²) < 4.78 is 0. The van der Waals surface area contributed by atoms with E-state index in [0.717, 1.165) is 0 Å². The molecule has 2 saturated carbocycles. The SMILES string of the molecule is N[C@]1(C(=O)O)C[C@]12C[C@@H]2C(=O)O. The van der Waals surface area contributed by atoms with Crippen LogP contribution in [0.5, 0.6) is 0 Å². The minimum atomic E-state index is -1.25. The van der Waals surface area contributed by atoms with Gasteiger partial charge in [-0.3, -0.25) is 9.59 Å². The van der Waals surface area contributed by atoms with Gasteiger partial charge in [0, 0.05) is 5.41 Å². The van der Waals surface area contributed by atoms with Crippen molar-refractivity contribution >= 4 is 11.9 Å². The molecular weight excluding hydrogens is 162 g/mol. The van der Waals surface area contributed by atoms with Gasteiger partial charge in [0.1, 0.15) is 5.54 Å². The molecule has 2 aliphatic carbocycles. The van der Waals surface area contributed by atoms with Crippen molar-refractivity contribution in [1.29, 1.82) is 0 Å². The van der Waals surface area contributed by atoms with E-state index in [-0.39, 0.29) is 0 Å². The van der Waals surface area contributed by atoms with E-state index in [2.05, 4.69) is 0 Å². The molecule has 0 aromatic carbocycles. The minimum Gasteiger partial charge on any atom is -0.481 e. The lowest BCUT2D eigenvalue weighted by Crippen LogP contribution is -2.36. The van der Waals surface area contributed by atoms with Gasteiger partial charge >= 0.3 is 11.9 Å². The van der Waals surface area contributed by atoms with Crippen LogP contribution in [-0.2, 0) is 9.59 Å². The topological polar surface area (TPSA) is 101 Å². The van der Waals surface area contributed by atoms with Crippen LogP contribution in [0.25, 0.3) is 0 Å². The lowest BCUT2D eigenvalue weighted by Gasteiger charge is -2.01. The molecule has 66 valence electrons. The summed E-state index contributed by atoms with van der Waals surface area (Å²) >= 11 is 0. The van der Waals surface area contributed by atoms with Crippen molar-refractivity contribution in [3.05, 3.63) is 0 Å². The molecular formula is C7H9NO4. The van der Waals surface area contributed by atoms with Gasteiger partial charge in [0.15, 0.2) is 0 Å². The highest BCUT2D eigenvalue weighted by Crippen LogP contribution is 2.75. The number of hydrogen-bond donors (Lipinski definition) is 3. The number of carbonyl (C=O) groups is 2. The van der Waals surface area contributed by atoms with Gasteiger partial charge in [-0.1, -0.05) is 0 Å². The smallest absolute Gasteiger partial charge is 0.324 e. The third kappa shape index (κ3) is 0.582. The number of rotatable bonds is 2. The van der Waals surface area contributed by atoms with Gasteiger partial charge in [-0.2, -0.15) is 0 Å². The molecule has 2 aliphatic rings. The molecule has 2 fully saturated rings. The Balaban J connectivity index is 2.15. The molecule has 0 aromatic heterocycles. The van der Waals surface area contributed by atoms with E-state index in [1.807, 2.05) is 0 Å². The van der Waals surface area contributed by atoms with E-state index in [9.17, 15) is 9.59 Å². The fourth-order valence-electron chi connectivity index (χ4n) is 2.06. The quantitative estimate of drug-likeness (QED) is 0.508. The van der Waals surface area contributed by atoms with Crippen molar-refractivity contribution in [3.8, 4) is 0 Å². The third-order valence-electron chi connectivity index (χ3n) is 3.11. The average Bonchev–Trinajstić information content (AvgIpc) is 2.75. The Hall–Kier alpha value is -1.10. The highest BCUT2D eigenvalue weighted by molar-refractivity contribution is 5.90. The Morgan fingerprint density at radius 1 is 1.42 bits per heavy atom. The summed E-state index contributed by atoms with van der Waals surface area (Å²) in [5.41, 5.74) is 3.63. The standard InChI is InChI=1S/C7H9NO4/c8-7(5(11)12)2-6(7)1-3(6)4(9)10/h3H,1-2,8H2,(H,9,10)(H,11,12)/t3-,6+,7+/m1/s1. The lowest BCUT2D eigenvalue weighted by atomic mass is 10.1. The van der Waals surface area contributed by atoms with E-state index in [1.54, 1.807) is 0 Å². The van der Waals surface area contributed by atoms with Gasteiger partial charge < -0.3 is 15.9 Å². The molecule has 0 unspecified atom stereocenters. The van der Waals surface area contributed by atoms with Crippen molar-refractivity contribution in [2.45, 2.75) is 18.4 Å². The molecule has 5 heteroatoms. The zero-order valence-electron chi connectivity index (χ0n) is 6.28. The van der Waals surface area contributed by atoms with Crippen LogP contribution in [0, 0.1) is 11.3 Å². The fraction of sp³-hybridized carbons (Fsp3) is 0.714. The van der Waals surface area contributed by atoms with Gasteiger partial charge in [0.2, 0.25) is 0 Å². The molecule has 0 amide bonds. The number of hydrogen-bond acceptors (Lipinski definition) is 3. The Kier molecular flexibility index (Phi) is 1.03. The minimum absolute atomic E-state index is 0.312. The first-order valence-electron chi connectivity index (χ1n) is 3.69. The summed E-state index contributed by atoms with van der Waals surface area (Å²) in [6, 6.07) is 0. The lowest BCUT2D eigenvalue weighted by molar-refractivity contribution is -0.140. The Bertz CT molecular complexity index is 289. The van der Waals surface area contributed by atoms with Crippen molar-refractivity contribution < 1.29 is 19.8 Å². The van der Waals surface area contributed by atoms with Gasteiger partial charge in [-0.25, -0.2) is 0 Å². The second kappa shape index (κ2) is 1.64. The summed E-state index contributed by atoms with van der Waals surface area (Å²) in [6.45, 7) is 0. The molecule has 2 rings (SSSR count). The highest BCUT2D eigenvalue weighted by Gasteiger charge is 2.84. The predicted octanol–water partition coefficient (Wildman–Crippen LogP) is -0.737. The summed E-state index contributed by atoms with van der Waals surface area (Å²) in [4.78, 5) is 21.1. The Labute approximate surface area is 68.2 Å². The first kappa shape index (κ1) is 7.54. The number of aliphatic carboxylic acids is 2. The molecule has 0 saturated heterocycles. The van der Waals surface area contributed by atoms with Crippen LogP contribution in [0.2, 0.25) is 0 Å². The molecule has 0 radical (unpaired) electrons. The molecule has 5 nitrogen and oxygen atoms in total. The maximum atomic E-state index is 10.6. The van der Waals surface area contributed by atoms with Crippen molar-refractivity contribution in [3.63, 3.8) is 0 Å². The monoisotopic (exact) mass is 171 g/mol. The summed E-state index contributed by atoms with van der Waals surface area (Å²) in [6.07, 6.45) is 0.734. The molecule has 0 aromatic rings. The second-order valence-corrected chi connectivity index (χ2v) is 3.70. The molecule has 0 aliphatic heterocycles. The zero-order valence-corrected chi connectivity index (χ0v) is 6.28. The van der Waals surface area contributed by atoms with Gasteiger partial charge in [-0.15, -0.1) is 0 Å². The van der Waals surface area contributed by atoms with Crippen molar-refractivity contribution in [1.82, 2.24) is 0 Å². The van der Waals surface area contributed by atoms with E-state index >= 15 is 0 Å². The van der Waals surface area contributed by atoms with E-state index < -0.39 is 28.8 Å². The van der Waals surface area contributed by atoms with Crippen LogP contribution < -0.4 is 5.73 Å². The number of carboxylic acids is 2. The maximum absolute atomic E-state index is 10.6. The van der Waals surface area contributed by atoms with Crippen molar-refractivity contribution in [2.24, 2.45) is 17.1 Å². The van der Waals surface area contributed by atoms with Crippen LogP contribution in [0.3, 0.4) is 0 Å². The maximum Gasteiger partial charge on any atom is 0.324 e. The van der Waals surface area contributed by atoms with Crippen LogP contribution in [0.15, 0.2) is 0 Å². The number of carboxylic acid groups (broad SMARTS) is 2. The average molecular weight is 171 g/mol. The Morgan fingerprint density at radius 3 is 2.25 bits per heavy atom. The second-order valence-electron chi connectivity index (χ2n) is 3.70. The normalized spacial score (nSPS) is 48.9. The van der Waals surface area contributed by atoms with Crippen LogP contribution in [-0.4, -0.2) is 27.7 Å². The van der Waals surface area contributed by atoms with Gasteiger partial charge in [0.05, 0.1) is 5.92 Å². The van der Waals surface area contributed by atoms with Crippen LogP contribution in [0.4, 0.5) is 0 Å². The summed E-state index contributed by atoms with van der Waals surface area (Å²) in [5, 5.41) is 17.3. The zero-order chi connectivity index (χ0) is 9.15. The van der Waals surface area contributed by atoms with Gasteiger partial charge in [0.25, 0.3) is 0 Å². The fourth-order valence-corrected chi connectivity index (χ4v) is 2.06. The largest absolute Gasteiger partial charge is 0.481 e. The molecule has 4 N–H and O–H groups in total. The summed E-state index contributed by atoms with van der Waals surface area (Å²) in [5.74, 6) is -2.53. The number of nitrogens with two attached hydrogens (primary N) is 1. The Morgan fingerprint density at radius 2 is 2.00 bits per heavy atom. The molecule has 12 heavy (non-hydrogen) atoms. The first-order chi connectivity index (χ1) is 5.44.